The SMILES string of the molecule is Cl.Nc1ccnc(N2C[C@H](NS(=O)(=O)C3CC3)[C@@H](C3CC3)C2)n1. The molecule has 0 bridgehead atoms. The molecule has 0 unspecified atom stereocenters. The summed E-state index contributed by atoms with van der Waals surface area (Å²) in [6, 6.07) is 1.62. The van der Waals surface area contributed by atoms with Gasteiger partial charge in [0.25, 0.3) is 0 Å². The number of nitrogen functional groups attached to an aromatic ring is 1. The molecule has 7 nitrogen and oxygen atoms in total. The van der Waals surface area contributed by atoms with Gasteiger partial charge in [-0.15, -0.1) is 12.4 Å². The molecule has 3 aliphatic rings. The summed E-state index contributed by atoms with van der Waals surface area (Å²) in [5, 5.41) is -0.176. The minimum absolute atomic E-state index is 0. The molecule has 9 heteroatoms. The molecule has 0 radical (unpaired) electrons. The molecule has 2 heterocycles. The van der Waals surface area contributed by atoms with E-state index in [9.17, 15) is 8.42 Å². The zero-order valence-electron chi connectivity index (χ0n) is 12.8. The molecule has 4 rings (SSSR count). The van der Waals surface area contributed by atoms with Crippen molar-refractivity contribution in [1.29, 1.82) is 0 Å². The number of aromatic nitrogens is 2. The van der Waals surface area contributed by atoms with Crippen LogP contribution in [0.15, 0.2) is 12.3 Å². The molecule has 128 valence electrons. The number of nitrogens with one attached hydrogen (secondary N) is 1. The number of sulfonamides is 1. The summed E-state index contributed by atoms with van der Waals surface area (Å²) < 4.78 is 27.5. The van der Waals surface area contributed by atoms with Gasteiger partial charge in [-0.25, -0.2) is 18.1 Å². The van der Waals surface area contributed by atoms with Crippen LogP contribution < -0.4 is 15.4 Å². The van der Waals surface area contributed by atoms with Crippen molar-refractivity contribution in [2.24, 2.45) is 11.8 Å². The van der Waals surface area contributed by atoms with Crippen LogP contribution in [0.1, 0.15) is 25.7 Å². The number of hydrogen-bond acceptors (Lipinski definition) is 6. The molecule has 23 heavy (non-hydrogen) atoms. The lowest BCUT2D eigenvalue weighted by atomic mass is 9.99. The van der Waals surface area contributed by atoms with Gasteiger partial charge in [0.05, 0.1) is 5.25 Å². The highest BCUT2D eigenvalue weighted by molar-refractivity contribution is 7.90. The number of rotatable bonds is 5. The lowest BCUT2D eigenvalue weighted by molar-refractivity contribution is 0.426. The van der Waals surface area contributed by atoms with E-state index in [4.69, 9.17) is 5.73 Å². The highest BCUT2D eigenvalue weighted by Gasteiger charge is 2.46. The Hall–Kier alpha value is -1.12. The predicted molar refractivity (Wildman–Crippen MR) is 91.0 cm³/mol. The fourth-order valence-electron chi connectivity index (χ4n) is 3.32. The Bertz CT molecular complexity index is 678. The van der Waals surface area contributed by atoms with Crippen LogP contribution in [0.25, 0.3) is 0 Å². The van der Waals surface area contributed by atoms with Crippen LogP contribution in [0.3, 0.4) is 0 Å². The molecule has 2 atom stereocenters. The van der Waals surface area contributed by atoms with E-state index >= 15 is 0 Å². The van der Waals surface area contributed by atoms with Crippen molar-refractivity contribution in [3.63, 3.8) is 0 Å². The van der Waals surface area contributed by atoms with Gasteiger partial charge >= 0.3 is 0 Å². The molecule has 1 aromatic rings. The summed E-state index contributed by atoms with van der Waals surface area (Å²) in [5.74, 6) is 2.00. The fourth-order valence-corrected chi connectivity index (χ4v) is 4.94. The number of hydrogen-bond donors (Lipinski definition) is 2. The minimum Gasteiger partial charge on any atom is -0.384 e. The topological polar surface area (TPSA) is 101 Å². The average Bonchev–Trinajstić information content (AvgIpc) is 3.35. The van der Waals surface area contributed by atoms with Gasteiger partial charge < -0.3 is 10.6 Å². The Morgan fingerprint density at radius 3 is 2.57 bits per heavy atom. The second-order valence-corrected chi connectivity index (χ2v) is 8.65. The smallest absolute Gasteiger partial charge is 0.227 e. The van der Waals surface area contributed by atoms with E-state index in [2.05, 4.69) is 19.6 Å². The lowest BCUT2D eigenvalue weighted by Crippen LogP contribution is -2.42. The van der Waals surface area contributed by atoms with Gasteiger partial charge in [-0.2, -0.15) is 4.98 Å². The summed E-state index contributed by atoms with van der Waals surface area (Å²) >= 11 is 0. The minimum atomic E-state index is -3.17. The molecular weight excluding hydrogens is 338 g/mol. The van der Waals surface area contributed by atoms with Crippen LogP contribution in [0.5, 0.6) is 0 Å². The Balaban J connectivity index is 0.00000156. The third-order valence-electron chi connectivity index (χ3n) is 4.82. The largest absolute Gasteiger partial charge is 0.384 e. The van der Waals surface area contributed by atoms with E-state index in [1.165, 1.54) is 12.8 Å². The van der Waals surface area contributed by atoms with E-state index in [1.54, 1.807) is 12.3 Å². The second-order valence-electron chi connectivity index (χ2n) is 6.66. The van der Waals surface area contributed by atoms with Crippen molar-refractivity contribution >= 4 is 34.2 Å². The van der Waals surface area contributed by atoms with E-state index in [1.807, 2.05) is 0 Å². The Kier molecular flexibility index (Phi) is 4.41. The number of halogens is 1. The Morgan fingerprint density at radius 2 is 1.96 bits per heavy atom. The van der Waals surface area contributed by atoms with Crippen LogP contribution in [-0.4, -0.2) is 42.8 Å². The Labute approximate surface area is 142 Å². The van der Waals surface area contributed by atoms with E-state index in [-0.39, 0.29) is 23.7 Å². The van der Waals surface area contributed by atoms with Crippen molar-refractivity contribution in [3.8, 4) is 0 Å². The van der Waals surface area contributed by atoms with Gasteiger partial charge in [0.2, 0.25) is 16.0 Å². The molecule has 3 N–H and O–H groups in total. The van der Waals surface area contributed by atoms with Crippen molar-refractivity contribution in [2.45, 2.75) is 37.0 Å². The molecule has 3 fully saturated rings. The van der Waals surface area contributed by atoms with Gasteiger partial charge in [0.1, 0.15) is 5.82 Å². The summed E-state index contributed by atoms with van der Waals surface area (Å²) in [6.07, 6.45) is 5.61. The summed E-state index contributed by atoms with van der Waals surface area (Å²) in [6.45, 7) is 1.42. The number of nitrogens with two attached hydrogens (primary N) is 1. The summed E-state index contributed by atoms with van der Waals surface area (Å²) in [5.41, 5.74) is 5.73. The first-order chi connectivity index (χ1) is 10.5. The molecule has 2 saturated carbocycles. The zero-order chi connectivity index (χ0) is 15.3. The predicted octanol–water partition coefficient (Wildman–Crippen LogP) is 0.777. The van der Waals surface area contributed by atoms with Crippen molar-refractivity contribution < 1.29 is 8.42 Å². The number of anilines is 2. The standard InChI is InChI=1S/C14H21N5O2S.ClH/c15-13-5-6-16-14(17-13)19-7-11(9-1-2-9)12(8-19)18-22(20,21)10-3-4-10;/h5-6,9-12,18H,1-4,7-8H2,(H2,15,16,17);1H/t11-,12+;/m1./s1. The molecule has 1 saturated heterocycles. The molecule has 1 aliphatic heterocycles. The molecule has 1 aromatic heterocycles. The van der Waals surface area contributed by atoms with Gasteiger partial charge in [0, 0.05) is 25.3 Å². The lowest BCUT2D eigenvalue weighted by Gasteiger charge is -2.18. The van der Waals surface area contributed by atoms with Crippen molar-refractivity contribution in [2.75, 3.05) is 23.7 Å². The van der Waals surface area contributed by atoms with Crippen molar-refractivity contribution in [3.05, 3.63) is 12.3 Å². The maximum atomic E-state index is 12.3. The first kappa shape index (κ1) is 16.7. The van der Waals surface area contributed by atoms with Gasteiger partial charge in [-0.1, -0.05) is 0 Å². The number of nitrogens with zero attached hydrogens (tertiary/aromatic N) is 3. The molecule has 0 spiro atoms. The quantitative estimate of drug-likeness (QED) is 0.805. The zero-order valence-corrected chi connectivity index (χ0v) is 14.4. The van der Waals surface area contributed by atoms with Gasteiger partial charge in [-0.05, 0) is 43.6 Å². The van der Waals surface area contributed by atoms with Crippen LogP contribution in [0.2, 0.25) is 0 Å². The maximum Gasteiger partial charge on any atom is 0.227 e. The van der Waals surface area contributed by atoms with Crippen LogP contribution in [0, 0.1) is 11.8 Å². The van der Waals surface area contributed by atoms with Crippen LogP contribution in [0.4, 0.5) is 11.8 Å². The molecule has 0 aromatic carbocycles. The van der Waals surface area contributed by atoms with Crippen molar-refractivity contribution in [1.82, 2.24) is 14.7 Å². The van der Waals surface area contributed by atoms with Crippen LogP contribution in [-0.2, 0) is 10.0 Å². The average molecular weight is 360 g/mol. The van der Waals surface area contributed by atoms with E-state index in [0.29, 0.717) is 30.1 Å². The van der Waals surface area contributed by atoms with E-state index < -0.39 is 10.0 Å². The summed E-state index contributed by atoms with van der Waals surface area (Å²) in [4.78, 5) is 10.6. The Morgan fingerprint density at radius 1 is 1.22 bits per heavy atom. The highest BCUT2D eigenvalue weighted by Crippen LogP contribution is 2.42. The summed E-state index contributed by atoms with van der Waals surface area (Å²) in [7, 11) is -3.17. The first-order valence-electron chi connectivity index (χ1n) is 7.87. The monoisotopic (exact) mass is 359 g/mol. The molecular formula is C14H22ClN5O2S. The molecule has 2 aliphatic carbocycles. The van der Waals surface area contributed by atoms with Gasteiger partial charge in [-0.3, -0.25) is 0 Å². The molecule has 0 amide bonds. The fraction of sp³-hybridized carbons (Fsp3) is 0.714. The van der Waals surface area contributed by atoms with Gasteiger partial charge in [0.15, 0.2) is 0 Å². The van der Waals surface area contributed by atoms with Crippen LogP contribution >= 0.6 is 12.4 Å². The first-order valence-corrected chi connectivity index (χ1v) is 9.42. The van der Waals surface area contributed by atoms with E-state index in [0.717, 1.165) is 19.4 Å². The third-order valence-corrected chi connectivity index (χ3v) is 6.80. The normalized spacial score (nSPS) is 27.7. The highest BCUT2D eigenvalue weighted by atomic mass is 35.5. The third kappa shape index (κ3) is 3.54. The second kappa shape index (κ2) is 6.07. The maximum absolute atomic E-state index is 12.3.